The molecule has 5 nitrogen and oxygen atoms in total. The van der Waals surface area contributed by atoms with Crippen molar-refractivity contribution in [1.29, 1.82) is 0 Å². The fourth-order valence-corrected chi connectivity index (χ4v) is 3.54. The second-order valence-electron chi connectivity index (χ2n) is 6.25. The van der Waals surface area contributed by atoms with Gasteiger partial charge >= 0.3 is 0 Å². The zero-order valence-corrected chi connectivity index (χ0v) is 12.7. The van der Waals surface area contributed by atoms with Crippen LogP contribution in [0, 0.1) is 5.92 Å². The van der Waals surface area contributed by atoms with E-state index in [9.17, 15) is 4.79 Å². The molecule has 2 saturated heterocycles. The number of rotatable bonds is 2. The molecular formula is C16H25N3O2. The van der Waals surface area contributed by atoms with Crippen molar-refractivity contribution in [3.63, 3.8) is 0 Å². The van der Waals surface area contributed by atoms with Crippen LogP contribution in [0.5, 0.6) is 0 Å². The average Bonchev–Trinajstić information content (AvgIpc) is 3.00. The second kappa shape index (κ2) is 6.20. The van der Waals surface area contributed by atoms with E-state index in [1.54, 1.807) is 0 Å². The maximum absolute atomic E-state index is 12.9. The Morgan fingerprint density at radius 3 is 2.86 bits per heavy atom. The molecule has 2 fully saturated rings. The Hall–Kier alpha value is -1.33. The van der Waals surface area contributed by atoms with Gasteiger partial charge in [-0.15, -0.1) is 0 Å². The van der Waals surface area contributed by atoms with Crippen LogP contribution in [0.25, 0.3) is 0 Å². The van der Waals surface area contributed by atoms with Gasteiger partial charge < -0.3 is 19.9 Å². The minimum Gasteiger partial charge on any atom is -0.379 e. The van der Waals surface area contributed by atoms with Crippen molar-refractivity contribution in [3.05, 3.63) is 24.0 Å². The lowest BCUT2D eigenvalue weighted by atomic mass is 10.00. The maximum atomic E-state index is 12.9. The highest BCUT2D eigenvalue weighted by molar-refractivity contribution is 5.80. The molecule has 2 N–H and O–H groups in total. The van der Waals surface area contributed by atoms with Crippen molar-refractivity contribution in [1.82, 2.24) is 9.47 Å². The molecule has 5 heteroatoms. The summed E-state index contributed by atoms with van der Waals surface area (Å²) in [5, 5.41) is 0. The monoisotopic (exact) mass is 291 g/mol. The first-order chi connectivity index (χ1) is 10.2. The highest BCUT2D eigenvalue weighted by Crippen LogP contribution is 2.32. The highest BCUT2D eigenvalue weighted by atomic mass is 16.5. The van der Waals surface area contributed by atoms with Gasteiger partial charge in [-0.05, 0) is 25.0 Å². The molecule has 21 heavy (non-hydrogen) atoms. The van der Waals surface area contributed by atoms with E-state index in [0.717, 1.165) is 19.4 Å². The van der Waals surface area contributed by atoms with Gasteiger partial charge in [-0.3, -0.25) is 4.79 Å². The van der Waals surface area contributed by atoms with Gasteiger partial charge in [-0.25, -0.2) is 0 Å². The van der Waals surface area contributed by atoms with E-state index in [4.69, 9.17) is 10.5 Å². The fraction of sp³-hybridized carbons (Fsp3) is 0.688. The molecular weight excluding hydrogens is 266 g/mol. The summed E-state index contributed by atoms with van der Waals surface area (Å²) >= 11 is 0. The van der Waals surface area contributed by atoms with E-state index in [0.29, 0.717) is 13.2 Å². The third-order valence-corrected chi connectivity index (χ3v) is 4.80. The molecule has 0 spiro atoms. The summed E-state index contributed by atoms with van der Waals surface area (Å²) in [4.78, 5) is 15.0. The topological polar surface area (TPSA) is 60.5 Å². The number of carbonyl (C=O) groups is 1. The van der Waals surface area contributed by atoms with Crippen molar-refractivity contribution in [2.24, 2.45) is 18.7 Å². The number of ether oxygens (including phenoxy) is 1. The van der Waals surface area contributed by atoms with Crippen LogP contribution in [-0.2, 0) is 16.6 Å². The van der Waals surface area contributed by atoms with Crippen molar-refractivity contribution >= 4 is 5.91 Å². The van der Waals surface area contributed by atoms with Crippen LogP contribution in [0.15, 0.2) is 18.3 Å². The van der Waals surface area contributed by atoms with Crippen LogP contribution in [0.3, 0.4) is 0 Å². The predicted octanol–water partition coefficient (Wildman–Crippen LogP) is 1.44. The van der Waals surface area contributed by atoms with Crippen LogP contribution >= 0.6 is 0 Å². The van der Waals surface area contributed by atoms with E-state index >= 15 is 0 Å². The smallest absolute Gasteiger partial charge is 0.230 e. The summed E-state index contributed by atoms with van der Waals surface area (Å²) in [6, 6.07) is 4.19. The summed E-state index contributed by atoms with van der Waals surface area (Å²) in [5.74, 6) is -0.000955. The van der Waals surface area contributed by atoms with Crippen molar-refractivity contribution in [3.8, 4) is 0 Å². The van der Waals surface area contributed by atoms with Gasteiger partial charge in [0, 0.05) is 31.5 Å². The molecule has 0 radical (unpaired) electrons. The van der Waals surface area contributed by atoms with Crippen molar-refractivity contribution in [2.75, 3.05) is 19.8 Å². The summed E-state index contributed by atoms with van der Waals surface area (Å²) in [6.45, 7) is 1.80. The number of nitrogens with zero attached hydrogens (tertiary/aromatic N) is 2. The molecule has 0 saturated carbocycles. The highest BCUT2D eigenvalue weighted by Gasteiger charge is 2.38. The number of nitrogens with two attached hydrogens (primary N) is 1. The number of likely N-dealkylation sites (tertiary alicyclic amines) is 1. The SMILES string of the molecule is Cn1cccc1C1CCCCCN1C(=O)C1COCC1N. The summed E-state index contributed by atoms with van der Waals surface area (Å²) in [6.07, 6.45) is 6.53. The van der Waals surface area contributed by atoms with E-state index in [2.05, 4.69) is 15.5 Å². The Bertz CT molecular complexity index is 499. The lowest BCUT2D eigenvalue weighted by Gasteiger charge is -2.33. The van der Waals surface area contributed by atoms with Gasteiger partial charge in [0.2, 0.25) is 5.91 Å². The molecule has 3 atom stereocenters. The fourth-order valence-electron chi connectivity index (χ4n) is 3.54. The Kier molecular flexibility index (Phi) is 4.31. The van der Waals surface area contributed by atoms with E-state index < -0.39 is 0 Å². The predicted molar refractivity (Wildman–Crippen MR) is 80.6 cm³/mol. The zero-order valence-electron chi connectivity index (χ0n) is 12.7. The molecule has 1 aromatic rings. The first-order valence-corrected chi connectivity index (χ1v) is 7.93. The average molecular weight is 291 g/mol. The molecule has 2 aliphatic heterocycles. The summed E-state index contributed by atoms with van der Waals surface area (Å²) in [5.41, 5.74) is 7.26. The number of amides is 1. The minimum absolute atomic E-state index is 0.158. The number of carbonyl (C=O) groups excluding carboxylic acids is 1. The molecule has 2 aliphatic rings. The van der Waals surface area contributed by atoms with Crippen LogP contribution in [0.4, 0.5) is 0 Å². The number of aryl methyl sites for hydroxylation is 1. The van der Waals surface area contributed by atoms with Gasteiger partial charge in [-0.1, -0.05) is 12.8 Å². The van der Waals surface area contributed by atoms with Gasteiger partial charge in [0.1, 0.15) is 0 Å². The molecule has 116 valence electrons. The van der Waals surface area contributed by atoms with Gasteiger partial charge in [0.25, 0.3) is 0 Å². The van der Waals surface area contributed by atoms with Gasteiger partial charge in [0.05, 0.1) is 25.2 Å². The Morgan fingerprint density at radius 1 is 1.33 bits per heavy atom. The van der Waals surface area contributed by atoms with Crippen LogP contribution in [0.1, 0.15) is 37.4 Å². The first-order valence-electron chi connectivity index (χ1n) is 7.93. The van der Waals surface area contributed by atoms with Gasteiger partial charge in [0.15, 0.2) is 0 Å². The van der Waals surface area contributed by atoms with Crippen molar-refractivity contribution < 1.29 is 9.53 Å². The molecule has 3 unspecified atom stereocenters. The van der Waals surface area contributed by atoms with Gasteiger partial charge in [-0.2, -0.15) is 0 Å². The number of hydrogen-bond acceptors (Lipinski definition) is 3. The molecule has 1 aromatic heterocycles. The number of aromatic nitrogens is 1. The standard InChI is InChI=1S/C16H25N3O2/c1-18-8-5-7-14(18)15-6-3-2-4-9-19(15)16(20)12-10-21-11-13(12)17/h5,7-8,12-13,15H,2-4,6,9-11,17H2,1H3. The third-order valence-electron chi connectivity index (χ3n) is 4.80. The summed E-state index contributed by atoms with van der Waals surface area (Å²) in [7, 11) is 2.05. The van der Waals surface area contributed by atoms with E-state index in [-0.39, 0.29) is 23.9 Å². The number of hydrogen-bond donors (Lipinski definition) is 1. The molecule has 0 aliphatic carbocycles. The van der Waals surface area contributed by atoms with Crippen LogP contribution in [-0.4, -0.2) is 41.2 Å². The largest absolute Gasteiger partial charge is 0.379 e. The molecule has 3 rings (SSSR count). The lowest BCUT2D eigenvalue weighted by molar-refractivity contribution is -0.138. The molecule has 3 heterocycles. The van der Waals surface area contributed by atoms with Crippen LogP contribution < -0.4 is 5.73 Å². The third kappa shape index (κ3) is 2.85. The first kappa shape index (κ1) is 14.6. The zero-order chi connectivity index (χ0) is 14.8. The Labute approximate surface area is 126 Å². The van der Waals surface area contributed by atoms with E-state index in [1.165, 1.54) is 18.5 Å². The normalized spacial score (nSPS) is 30.4. The molecule has 0 aromatic carbocycles. The Morgan fingerprint density at radius 2 is 2.19 bits per heavy atom. The molecule has 0 bridgehead atoms. The lowest BCUT2D eigenvalue weighted by Crippen LogP contribution is -2.45. The second-order valence-corrected chi connectivity index (χ2v) is 6.25. The van der Waals surface area contributed by atoms with Crippen molar-refractivity contribution in [2.45, 2.75) is 37.8 Å². The minimum atomic E-state index is -0.175. The summed E-state index contributed by atoms with van der Waals surface area (Å²) < 4.78 is 7.51. The van der Waals surface area contributed by atoms with Crippen LogP contribution in [0.2, 0.25) is 0 Å². The van der Waals surface area contributed by atoms with E-state index in [1.807, 2.05) is 19.3 Å². The quantitative estimate of drug-likeness (QED) is 0.897. The Balaban J connectivity index is 1.85. The molecule has 1 amide bonds. The maximum Gasteiger partial charge on any atom is 0.230 e.